The Kier molecular flexibility index (Phi) is 6.57. The lowest BCUT2D eigenvalue weighted by Gasteiger charge is -2.54. The summed E-state index contributed by atoms with van der Waals surface area (Å²) in [6.07, 6.45) is -1.62. The van der Waals surface area contributed by atoms with Crippen LogP contribution < -0.4 is 5.73 Å². The highest BCUT2D eigenvalue weighted by atomic mass is 16.4. The first-order valence-corrected chi connectivity index (χ1v) is 13.0. The third-order valence-electron chi connectivity index (χ3n) is 8.69. The van der Waals surface area contributed by atoms with Gasteiger partial charge in [0.05, 0.1) is 23.6 Å². The molecule has 0 heterocycles. The molecule has 212 valence electrons. The van der Waals surface area contributed by atoms with Gasteiger partial charge >= 0.3 is 0 Å². The molecule has 4 rings (SSSR count). The summed E-state index contributed by atoms with van der Waals surface area (Å²) in [4.78, 5) is 41.0. The van der Waals surface area contributed by atoms with Crippen LogP contribution >= 0.6 is 0 Å². The van der Waals surface area contributed by atoms with Gasteiger partial charge in [-0.15, -0.1) is 0 Å². The molecule has 10 heteroatoms. The molecule has 1 unspecified atom stereocenters. The molecule has 3 aliphatic carbocycles. The Hall–Kier alpha value is -3.21. The molecule has 6 atom stereocenters. The molecule has 0 aromatic heterocycles. The number of hydrogen-bond donors (Lipinski definition) is 6. The molecule has 0 spiro atoms. The van der Waals surface area contributed by atoms with Crippen molar-refractivity contribution in [1.82, 2.24) is 4.90 Å². The number of rotatable bonds is 3. The monoisotopic (exact) mass is 542 g/mol. The van der Waals surface area contributed by atoms with Gasteiger partial charge in [0, 0.05) is 17.1 Å². The smallest absolute Gasteiger partial charge is 0.255 e. The molecule has 1 aromatic carbocycles. The summed E-state index contributed by atoms with van der Waals surface area (Å²) in [6, 6.07) is 0.493. The lowest BCUT2D eigenvalue weighted by molar-refractivity contribution is -0.169. The molecule has 0 radical (unpaired) electrons. The third kappa shape index (κ3) is 3.68. The zero-order chi connectivity index (χ0) is 29.7. The number of nitrogens with two attached hydrogens (primary N) is 1. The predicted octanol–water partition coefficient (Wildman–Crippen LogP) is 1.92. The van der Waals surface area contributed by atoms with Gasteiger partial charge in [-0.3, -0.25) is 19.3 Å². The Balaban J connectivity index is 2.13. The van der Waals surface area contributed by atoms with Gasteiger partial charge in [0.2, 0.25) is 5.78 Å². The number of likely N-dealkylation sites (N-methyl/N-ethyl adjacent to an activating group) is 1. The van der Waals surface area contributed by atoms with E-state index in [9.17, 15) is 39.9 Å². The van der Waals surface area contributed by atoms with Crippen molar-refractivity contribution in [3.05, 3.63) is 45.2 Å². The highest BCUT2D eigenvalue weighted by molar-refractivity contribution is 6.24. The van der Waals surface area contributed by atoms with Crippen LogP contribution in [-0.4, -0.2) is 79.7 Å². The maximum atomic E-state index is 14.2. The van der Waals surface area contributed by atoms with E-state index in [0.717, 1.165) is 5.56 Å². The summed E-state index contributed by atoms with van der Waals surface area (Å²) in [7, 11) is 2.96. The van der Waals surface area contributed by atoms with Crippen LogP contribution in [0.3, 0.4) is 0 Å². The lowest BCUT2D eigenvalue weighted by atomic mass is 9.53. The quantitative estimate of drug-likeness (QED) is 0.311. The topological polar surface area (TPSA) is 182 Å². The fraction of sp³-hybridized carbons (Fsp3) is 0.552. The Morgan fingerprint density at radius 1 is 1.13 bits per heavy atom. The van der Waals surface area contributed by atoms with E-state index in [1.807, 2.05) is 40.7 Å². The minimum atomic E-state index is -2.93. The Morgan fingerprint density at radius 2 is 1.69 bits per heavy atom. The van der Waals surface area contributed by atoms with E-state index in [4.69, 9.17) is 5.73 Å². The van der Waals surface area contributed by atoms with Crippen LogP contribution in [0.2, 0.25) is 0 Å². The third-order valence-corrected chi connectivity index (χ3v) is 8.69. The van der Waals surface area contributed by atoms with Gasteiger partial charge in [0.15, 0.2) is 11.4 Å². The van der Waals surface area contributed by atoms with Crippen LogP contribution in [0.1, 0.15) is 75.6 Å². The molecular weight excluding hydrogens is 504 g/mol. The summed E-state index contributed by atoms with van der Waals surface area (Å²) in [5.74, 6) is -8.90. The average molecular weight is 543 g/mol. The van der Waals surface area contributed by atoms with Crippen molar-refractivity contribution in [3.63, 3.8) is 0 Å². The highest BCUT2D eigenvalue weighted by Gasteiger charge is 2.68. The van der Waals surface area contributed by atoms with Crippen molar-refractivity contribution in [2.45, 2.75) is 76.5 Å². The number of benzene rings is 1. The number of aromatic hydroxyl groups is 1. The molecule has 1 fully saturated rings. The number of aliphatic hydroxyl groups excluding tert-OH is 3. The van der Waals surface area contributed by atoms with Gasteiger partial charge in [-0.1, -0.05) is 47.6 Å². The van der Waals surface area contributed by atoms with E-state index in [0.29, 0.717) is 11.1 Å². The molecule has 3 aliphatic rings. The number of ketones is 2. The molecule has 0 bridgehead atoms. The zero-order valence-corrected chi connectivity index (χ0v) is 23.5. The number of hydrogen-bond acceptors (Lipinski definition) is 9. The number of carbonyl (C=O) groups excluding carboxylic acids is 3. The van der Waals surface area contributed by atoms with E-state index in [1.165, 1.54) is 19.0 Å². The second kappa shape index (κ2) is 8.90. The van der Waals surface area contributed by atoms with Crippen LogP contribution in [-0.2, 0) is 19.8 Å². The minimum Gasteiger partial charge on any atom is -0.508 e. The van der Waals surface area contributed by atoms with E-state index in [1.54, 1.807) is 6.92 Å². The van der Waals surface area contributed by atoms with Crippen LogP contribution in [0.4, 0.5) is 0 Å². The molecular formula is C29H38N2O8. The Bertz CT molecular complexity index is 1370. The first-order valence-electron chi connectivity index (χ1n) is 13.0. The molecule has 1 amide bonds. The molecule has 1 aromatic rings. The summed E-state index contributed by atoms with van der Waals surface area (Å²) in [6.45, 7) is 11.4. The fourth-order valence-electron chi connectivity index (χ4n) is 6.86. The summed E-state index contributed by atoms with van der Waals surface area (Å²) in [5, 5.41) is 57.7. The first kappa shape index (κ1) is 28.8. The predicted molar refractivity (Wildman–Crippen MR) is 143 cm³/mol. The normalized spacial score (nSPS) is 31.0. The van der Waals surface area contributed by atoms with E-state index in [2.05, 4.69) is 0 Å². The average Bonchev–Trinajstić information content (AvgIpc) is 2.79. The van der Waals surface area contributed by atoms with Gasteiger partial charge in [-0.05, 0) is 42.5 Å². The zero-order valence-electron chi connectivity index (χ0n) is 23.5. The number of carbonyl (C=O) groups is 3. The number of fused-ring (bicyclic) bond motifs is 3. The van der Waals surface area contributed by atoms with Crippen molar-refractivity contribution < 1.29 is 39.9 Å². The largest absolute Gasteiger partial charge is 0.508 e. The number of phenols is 1. The van der Waals surface area contributed by atoms with Crippen molar-refractivity contribution in [3.8, 4) is 5.75 Å². The molecule has 1 saturated carbocycles. The number of amides is 1. The maximum Gasteiger partial charge on any atom is 0.255 e. The first-order chi connectivity index (χ1) is 17.8. The summed E-state index contributed by atoms with van der Waals surface area (Å²) >= 11 is 0. The second-order valence-corrected chi connectivity index (χ2v) is 12.6. The number of Topliss-reactive ketones (excluding diaryl/α,β-unsaturated/α-hetero) is 2. The van der Waals surface area contributed by atoms with Crippen molar-refractivity contribution in [1.29, 1.82) is 0 Å². The van der Waals surface area contributed by atoms with Crippen LogP contribution in [0.15, 0.2) is 23.0 Å². The van der Waals surface area contributed by atoms with Crippen molar-refractivity contribution in [2.24, 2.45) is 17.6 Å². The van der Waals surface area contributed by atoms with Crippen LogP contribution in [0, 0.1) is 11.8 Å². The molecule has 0 aliphatic heterocycles. The second-order valence-electron chi connectivity index (χ2n) is 12.6. The van der Waals surface area contributed by atoms with Gasteiger partial charge < -0.3 is 31.3 Å². The SMILES string of the molecule is CC(C)c1cc(C(C)(C)C)c(O)c2c1[C@H](C)[C@@H]1C(=C2O)C(=O)[C@]2(O)C(O)=C(C(N)=O)C(=O)C(N(C)C)[C@@H]2[C@H]1O. The highest BCUT2D eigenvalue weighted by Crippen LogP contribution is 2.58. The molecule has 39 heavy (non-hydrogen) atoms. The van der Waals surface area contributed by atoms with Gasteiger partial charge in [0.1, 0.15) is 22.8 Å². The van der Waals surface area contributed by atoms with Crippen LogP contribution in [0.5, 0.6) is 5.75 Å². The van der Waals surface area contributed by atoms with E-state index in [-0.39, 0.29) is 22.8 Å². The van der Waals surface area contributed by atoms with Crippen LogP contribution in [0.25, 0.3) is 5.76 Å². The summed E-state index contributed by atoms with van der Waals surface area (Å²) < 4.78 is 0. The Morgan fingerprint density at radius 3 is 2.15 bits per heavy atom. The molecule has 0 saturated heterocycles. The molecule has 10 nitrogen and oxygen atoms in total. The van der Waals surface area contributed by atoms with Gasteiger partial charge in [0.25, 0.3) is 5.91 Å². The fourth-order valence-corrected chi connectivity index (χ4v) is 6.86. The van der Waals surface area contributed by atoms with E-state index >= 15 is 0 Å². The standard InChI is InChI=1S/C29H38N2O8/c1-10(2)12-9-13(28(4,5)6)21(32)16-14(12)11(3)15-17(22(16)33)25(36)29(39)19(23(15)34)20(31(7)8)24(35)18(26(29)37)27(30)38/h9-11,15,19-20,23,32-34,37,39H,1-8H3,(H2,30,38)/t11-,15+,19+,20?,23-,29-/m0/s1. The number of aliphatic hydroxyl groups is 4. The number of phenolic OH excluding ortho intramolecular Hbond substituents is 1. The van der Waals surface area contributed by atoms with Crippen molar-refractivity contribution in [2.75, 3.05) is 14.1 Å². The van der Waals surface area contributed by atoms with E-state index < -0.39 is 75.5 Å². The lowest BCUT2D eigenvalue weighted by Crippen LogP contribution is -2.70. The number of primary amides is 1. The number of nitrogens with zero attached hydrogens (tertiary/aromatic N) is 1. The minimum absolute atomic E-state index is 0.0297. The Labute approximate surface area is 227 Å². The van der Waals surface area contributed by atoms with Gasteiger partial charge in [-0.25, -0.2) is 0 Å². The summed E-state index contributed by atoms with van der Waals surface area (Å²) in [5.41, 5.74) is 2.51. The molecule has 7 N–H and O–H groups in total. The van der Waals surface area contributed by atoms with Crippen molar-refractivity contribution >= 4 is 23.2 Å². The van der Waals surface area contributed by atoms with Gasteiger partial charge in [-0.2, -0.15) is 0 Å². The maximum absolute atomic E-state index is 14.2.